The van der Waals surface area contributed by atoms with Gasteiger partial charge in [-0.3, -0.25) is 4.79 Å². The SMILES string of the molecule is COC(=O)c1ccc(OCC(=O)Nc2ccc(OC)c(OC)c2)cc1. The number of carbonyl (C=O) groups excluding carboxylic acids is 2. The molecule has 0 aliphatic carbocycles. The fourth-order valence-electron chi connectivity index (χ4n) is 2.07. The molecule has 2 aromatic rings. The Morgan fingerprint density at radius 1 is 0.920 bits per heavy atom. The smallest absolute Gasteiger partial charge is 0.337 e. The molecule has 25 heavy (non-hydrogen) atoms. The summed E-state index contributed by atoms with van der Waals surface area (Å²) in [5.74, 6) is 0.791. The van der Waals surface area contributed by atoms with E-state index in [0.29, 0.717) is 28.5 Å². The van der Waals surface area contributed by atoms with Crippen LogP contribution in [0, 0.1) is 0 Å². The number of carbonyl (C=O) groups is 2. The first-order valence-electron chi connectivity index (χ1n) is 7.40. The second-order valence-corrected chi connectivity index (χ2v) is 4.92. The first-order valence-corrected chi connectivity index (χ1v) is 7.40. The van der Waals surface area contributed by atoms with E-state index in [1.54, 1.807) is 42.5 Å². The summed E-state index contributed by atoms with van der Waals surface area (Å²) in [5.41, 5.74) is 0.969. The number of ether oxygens (including phenoxy) is 4. The van der Waals surface area contributed by atoms with Gasteiger partial charge in [0.2, 0.25) is 0 Å². The molecular formula is C18H19NO6. The molecule has 132 valence electrons. The molecule has 0 spiro atoms. The fourth-order valence-corrected chi connectivity index (χ4v) is 2.07. The summed E-state index contributed by atoms with van der Waals surface area (Å²) in [6.07, 6.45) is 0. The molecule has 7 nitrogen and oxygen atoms in total. The molecule has 2 rings (SSSR count). The molecule has 0 aromatic heterocycles. The minimum Gasteiger partial charge on any atom is -0.493 e. The maximum Gasteiger partial charge on any atom is 0.337 e. The quantitative estimate of drug-likeness (QED) is 0.777. The van der Waals surface area contributed by atoms with Gasteiger partial charge in [0.25, 0.3) is 5.91 Å². The zero-order valence-electron chi connectivity index (χ0n) is 14.2. The highest BCUT2D eigenvalue weighted by Crippen LogP contribution is 2.29. The molecule has 2 aromatic carbocycles. The summed E-state index contributed by atoms with van der Waals surface area (Å²) in [6.45, 7) is -0.175. The van der Waals surface area contributed by atoms with Gasteiger partial charge in [-0.05, 0) is 36.4 Å². The third kappa shape index (κ3) is 4.87. The summed E-state index contributed by atoms with van der Waals surface area (Å²) in [7, 11) is 4.37. The topological polar surface area (TPSA) is 83.1 Å². The predicted octanol–water partition coefficient (Wildman–Crippen LogP) is 2.51. The zero-order valence-corrected chi connectivity index (χ0v) is 14.2. The molecule has 0 fully saturated rings. The van der Waals surface area contributed by atoms with E-state index in [1.807, 2.05) is 0 Å². The lowest BCUT2D eigenvalue weighted by atomic mass is 10.2. The largest absolute Gasteiger partial charge is 0.493 e. The molecule has 0 saturated heterocycles. The number of rotatable bonds is 7. The van der Waals surface area contributed by atoms with Crippen LogP contribution in [0.15, 0.2) is 42.5 Å². The van der Waals surface area contributed by atoms with Crippen LogP contribution in [0.5, 0.6) is 17.2 Å². The second kappa shape index (κ2) is 8.58. The Kier molecular flexibility index (Phi) is 6.22. The van der Waals surface area contributed by atoms with Crippen LogP contribution >= 0.6 is 0 Å². The second-order valence-electron chi connectivity index (χ2n) is 4.92. The van der Waals surface area contributed by atoms with Crippen molar-refractivity contribution in [1.82, 2.24) is 0 Å². The van der Waals surface area contributed by atoms with Crippen molar-refractivity contribution in [3.05, 3.63) is 48.0 Å². The van der Waals surface area contributed by atoms with Gasteiger partial charge in [0, 0.05) is 11.8 Å². The number of methoxy groups -OCH3 is 3. The lowest BCUT2D eigenvalue weighted by Crippen LogP contribution is -2.20. The molecule has 0 radical (unpaired) electrons. The molecule has 1 amide bonds. The number of benzene rings is 2. The highest BCUT2D eigenvalue weighted by molar-refractivity contribution is 5.92. The minimum absolute atomic E-state index is 0.175. The van der Waals surface area contributed by atoms with Crippen LogP contribution < -0.4 is 19.5 Å². The van der Waals surface area contributed by atoms with Crippen molar-refractivity contribution < 1.29 is 28.5 Å². The normalized spacial score (nSPS) is 9.88. The van der Waals surface area contributed by atoms with Gasteiger partial charge in [0.1, 0.15) is 5.75 Å². The summed E-state index contributed by atoms with van der Waals surface area (Å²) in [6, 6.07) is 11.4. The number of hydrogen-bond acceptors (Lipinski definition) is 6. The van der Waals surface area contributed by atoms with E-state index in [9.17, 15) is 9.59 Å². The van der Waals surface area contributed by atoms with E-state index in [0.717, 1.165) is 0 Å². The molecule has 0 aliphatic rings. The monoisotopic (exact) mass is 345 g/mol. The number of amides is 1. The average Bonchev–Trinajstić information content (AvgIpc) is 2.66. The van der Waals surface area contributed by atoms with Crippen molar-refractivity contribution in [3.63, 3.8) is 0 Å². The summed E-state index contributed by atoms with van der Waals surface area (Å²) < 4.78 is 20.3. The molecule has 0 atom stereocenters. The van der Waals surface area contributed by atoms with Crippen molar-refractivity contribution >= 4 is 17.6 Å². The number of anilines is 1. The maximum absolute atomic E-state index is 12.0. The number of esters is 1. The van der Waals surface area contributed by atoms with Gasteiger partial charge in [0.15, 0.2) is 18.1 Å². The van der Waals surface area contributed by atoms with E-state index in [-0.39, 0.29) is 12.5 Å². The van der Waals surface area contributed by atoms with E-state index in [2.05, 4.69) is 10.1 Å². The molecule has 0 saturated carbocycles. The Labute approximate surface area is 145 Å². The van der Waals surface area contributed by atoms with E-state index in [1.165, 1.54) is 21.3 Å². The van der Waals surface area contributed by atoms with Crippen molar-refractivity contribution in [2.75, 3.05) is 33.3 Å². The lowest BCUT2D eigenvalue weighted by molar-refractivity contribution is -0.118. The van der Waals surface area contributed by atoms with Crippen LogP contribution in [0.4, 0.5) is 5.69 Å². The standard InChI is InChI=1S/C18H19NO6/c1-22-15-9-6-13(10-16(15)23-2)19-17(20)11-25-14-7-4-12(5-8-14)18(21)24-3/h4-10H,11H2,1-3H3,(H,19,20). The van der Waals surface area contributed by atoms with Crippen molar-refractivity contribution in [1.29, 1.82) is 0 Å². The summed E-state index contributed by atoms with van der Waals surface area (Å²) >= 11 is 0. The Hall–Kier alpha value is -3.22. The van der Waals surface area contributed by atoms with Crippen LogP contribution in [-0.4, -0.2) is 39.8 Å². The van der Waals surface area contributed by atoms with Gasteiger partial charge in [-0.2, -0.15) is 0 Å². The zero-order chi connectivity index (χ0) is 18.2. The Bertz CT molecular complexity index is 742. The van der Waals surface area contributed by atoms with E-state index >= 15 is 0 Å². The number of hydrogen-bond donors (Lipinski definition) is 1. The van der Waals surface area contributed by atoms with Gasteiger partial charge in [-0.25, -0.2) is 4.79 Å². The fraction of sp³-hybridized carbons (Fsp3) is 0.222. The molecule has 1 N–H and O–H groups in total. The molecule has 7 heteroatoms. The molecule has 0 bridgehead atoms. The first kappa shape index (κ1) is 18.1. The van der Waals surface area contributed by atoms with Crippen molar-refractivity contribution in [2.24, 2.45) is 0 Å². The Morgan fingerprint density at radius 3 is 2.20 bits per heavy atom. The molecule has 0 unspecified atom stereocenters. The molecule has 0 aliphatic heterocycles. The summed E-state index contributed by atoms with van der Waals surface area (Å²) in [5, 5.41) is 2.70. The van der Waals surface area contributed by atoms with E-state index in [4.69, 9.17) is 14.2 Å². The van der Waals surface area contributed by atoms with Crippen molar-refractivity contribution in [3.8, 4) is 17.2 Å². The van der Waals surface area contributed by atoms with Gasteiger partial charge in [0.05, 0.1) is 26.9 Å². The highest BCUT2D eigenvalue weighted by atomic mass is 16.5. The van der Waals surface area contributed by atoms with Gasteiger partial charge >= 0.3 is 5.97 Å². The number of nitrogens with one attached hydrogen (secondary N) is 1. The first-order chi connectivity index (χ1) is 12.1. The predicted molar refractivity (Wildman–Crippen MR) is 91.5 cm³/mol. The Balaban J connectivity index is 1.91. The van der Waals surface area contributed by atoms with Gasteiger partial charge in [-0.1, -0.05) is 0 Å². The van der Waals surface area contributed by atoms with Crippen LogP contribution in [0.1, 0.15) is 10.4 Å². The van der Waals surface area contributed by atoms with Gasteiger partial charge in [-0.15, -0.1) is 0 Å². The minimum atomic E-state index is -0.433. The van der Waals surface area contributed by atoms with Crippen molar-refractivity contribution in [2.45, 2.75) is 0 Å². The average molecular weight is 345 g/mol. The molecular weight excluding hydrogens is 326 g/mol. The maximum atomic E-state index is 12.0. The van der Waals surface area contributed by atoms with Crippen LogP contribution in [0.25, 0.3) is 0 Å². The van der Waals surface area contributed by atoms with Crippen LogP contribution in [-0.2, 0) is 9.53 Å². The lowest BCUT2D eigenvalue weighted by Gasteiger charge is -2.11. The van der Waals surface area contributed by atoms with Gasteiger partial charge < -0.3 is 24.3 Å². The Morgan fingerprint density at radius 2 is 1.60 bits per heavy atom. The van der Waals surface area contributed by atoms with Crippen LogP contribution in [0.2, 0.25) is 0 Å². The summed E-state index contributed by atoms with van der Waals surface area (Å²) in [4.78, 5) is 23.3. The highest BCUT2D eigenvalue weighted by Gasteiger charge is 2.09. The van der Waals surface area contributed by atoms with Crippen LogP contribution in [0.3, 0.4) is 0 Å². The van der Waals surface area contributed by atoms with E-state index < -0.39 is 5.97 Å². The molecule has 0 heterocycles. The third-order valence-corrected chi connectivity index (χ3v) is 3.31. The third-order valence-electron chi connectivity index (χ3n) is 3.31.